The van der Waals surface area contributed by atoms with Gasteiger partial charge in [-0.3, -0.25) is 9.59 Å². The quantitative estimate of drug-likeness (QED) is 0.899. The van der Waals surface area contributed by atoms with Gasteiger partial charge in [-0.1, -0.05) is 0 Å². The van der Waals surface area contributed by atoms with Gasteiger partial charge in [-0.15, -0.1) is 5.10 Å². The molecule has 0 spiro atoms. The van der Waals surface area contributed by atoms with Crippen molar-refractivity contribution in [2.24, 2.45) is 11.8 Å². The first-order valence-electron chi connectivity index (χ1n) is 9.05. The molecule has 1 aromatic carbocycles. The number of piperidine rings is 1. The molecule has 0 unspecified atom stereocenters. The van der Waals surface area contributed by atoms with Crippen LogP contribution in [0.3, 0.4) is 0 Å². The Hall–Kier alpha value is -2.77. The van der Waals surface area contributed by atoms with E-state index in [0.29, 0.717) is 13.1 Å². The van der Waals surface area contributed by atoms with Gasteiger partial charge in [0, 0.05) is 30.6 Å². The molecule has 0 atom stereocenters. The molecule has 0 radical (unpaired) electrons. The van der Waals surface area contributed by atoms with Crippen LogP contribution in [0.2, 0.25) is 0 Å². The number of likely N-dealkylation sites (tertiary alicyclic amines) is 1. The molecule has 2 fully saturated rings. The second-order valence-electron chi connectivity index (χ2n) is 7.12. The minimum atomic E-state index is -0.0437. The average Bonchev–Trinajstić information content (AvgIpc) is 3.36. The van der Waals surface area contributed by atoms with Crippen molar-refractivity contribution in [1.29, 1.82) is 0 Å². The van der Waals surface area contributed by atoms with Crippen molar-refractivity contribution < 1.29 is 9.59 Å². The molecule has 2 aromatic rings. The standard InChI is InChI=1S/C18H22N6O2/c1-12-10-15(4-5-16(12)24-11-19-21-22-24)20-17(25)13-6-8-23(9-7-13)18(26)14-2-3-14/h4-5,10-11,13-14H,2-3,6-9H2,1H3,(H,20,25). The van der Waals surface area contributed by atoms with Gasteiger partial charge in [-0.05, 0) is 66.8 Å². The lowest BCUT2D eigenvalue weighted by molar-refractivity contribution is -0.135. The van der Waals surface area contributed by atoms with Crippen molar-refractivity contribution in [3.8, 4) is 5.69 Å². The molecule has 8 heteroatoms. The van der Waals surface area contributed by atoms with E-state index in [-0.39, 0.29) is 23.7 Å². The van der Waals surface area contributed by atoms with Crippen LogP contribution in [-0.4, -0.2) is 50.0 Å². The van der Waals surface area contributed by atoms with Gasteiger partial charge in [0.1, 0.15) is 6.33 Å². The molecule has 1 saturated carbocycles. The summed E-state index contributed by atoms with van der Waals surface area (Å²) in [5, 5.41) is 14.2. The molecule has 2 amide bonds. The Balaban J connectivity index is 1.35. The van der Waals surface area contributed by atoms with Gasteiger partial charge in [-0.2, -0.15) is 0 Å². The Morgan fingerprint density at radius 1 is 1.12 bits per heavy atom. The van der Waals surface area contributed by atoms with Crippen molar-refractivity contribution in [2.45, 2.75) is 32.6 Å². The Labute approximate surface area is 151 Å². The molecule has 1 aliphatic heterocycles. The number of anilines is 1. The predicted octanol–water partition coefficient (Wildman–Crippen LogP) is 1.56. The lowest BCUT2D eigenvalue weighted by Crippen LogP contribution is -2.42. The fourth-order valence-electron chi connectivity index (χ4n) is 3.46. The third kappa shape index (κ3) is 3.44. The molecule has 26 heavy (non-hydrogen) atoms. The molecule has 1 aliphatic carbocycles. The third-order valence-corrected chi connectivity index (χ3v) is 5.16. The largest absolute Gasteiger partial charge is 0.342 e. The number of carbonyl (C=O) groups is 2. The maximum absolute atomic E-state index is 12.6. The zero-order valence-corrected chi connectivity index (χ0v) is 14.8. The lowest BCUT2D eigenvalue weighted by atomic mass is 9.95. The molecule has 136 valence electrons. The van der Waals surface area contributed by atoms with E-state index in [1.807, 2.05) is 30.0 Å². The van der Waals surface area contributed by atoms with E-state index in [1.54, 1.807) is 4.68 Å². The van der Waals surface area contributed by atoms with Crippen LogP contribution in [0, 0.1) is 18.8 Å². The summed E-state index contributed by atoms with van der Waals surface area (Å²) in [5.41, 5.74) is 2.61. The van der Waals surface area contributed by atoms with Crippen LogP contribution in [0.1, 0.15) is 31.2 Å². The average molecular weight is 354 g/mol. The summed E-state index contributed by atoms with van der Waals surface area (Å²) in [4.78, 5) is 26.6. The van der Waals surface area contributed by atoms with Crippen molar-refractivity contribution in [2.75, 3.05) is 18.4 Å². The summed E-state index contributed by atoms with van der Waals surface area (Å²) in [6, 6.07) is 5.66. The third-order valence-electron chi connectivity index (χ3n) is 5.16. The van der Waals surface area contributed by atoms with Crippen LogP contribution in [0.5, 0.6) is 0 Å². The number of hydrogen-bond acceptors (Lipinski definition) is 5. The lowest BCUT2D eigenvalue weighted by Gasteiger charge is -2.31. The number of carbonyl (C=O) groups excluding carboxylic acids is 2. The minimum Gasteiger partial charge on any atom is -0.342 e. The topological polar surface area (TPSA) is 93.0 Å². The summed E-state index contributed by atoms with van der Waals surface area (Å²) in [7, 11) is 0. The van der Waals surface area contributed by atoms with Crippen molar-refractivity contribution >= 4 is 17.5 Å². The molecular weight excluding hydrogens is 332 g/mol. The zero-order chi connectivity index (χ0) is 18.1. The number of nitrogens with zero attached hydrogens (tertiary/aromatic N) is 5. The number of rotatable bonds is 4. The summed E-state index contributed by atoms with van der Waals surface area (Å²) in [6.45, 7) is 3.32. The molecule has 1 N–H and O–H groups in total. The fraction of sp³-hybridized carbons (Fsp3) is 0.500. The summed E-state index contributed by atoms with van der Waals surface area (Å²) < 4.78 is 1.59. The monoisotopic (exact) mass is 354 g/mol. The Bertz CT molecular complexity index is 807. The first-order chi connectivity index (χ1) is 12.6. The Kier molecular flexibility index (Phi) is 4.40. The highest BCUT2D eigenvalue weighted by Gasteiger charge is 2.35. The van der Waals surface area contributed by atoms with E-state index >= 15 is 0 Å². The normalized spacial score (nSPS) is 18.0. The summed E-state index contributed by atoms with van der Waals surface area (Å²) in [5.74, 6) is 0.510. The minimum absolute atomic E-state index is 0.0260. The molecule has 1 saturated heterocycles. The van der Waals surface area contributed by atoms with Crippen LogP contribution >= 0.6 is 0 Å². The highest BCUT2D eigenvalue weighted by molar-refractivity contribution is 5.93. The number of aryl methyl sites for hydroxylation is 1. The highest BCUT2D eigenvalue weighted by Crippen LogP contribution is 2.32. The van der Waals surface area contributed by atoms with Crippen LogP contribution in [-0.2, 0) is 9.59 Å². The maximum atomic E-state index is 12.6. The molecule has 2 aliphatic rings. The molecule has 4 rings (SSSR count). The second kappa shape index (κ2) is 6.86. The Morgan fingerprint density at radius 3 is 2.50 bits per heavy atom. The van der Waals surface area contributed by atoms with E-state index in [0.717, 1.165) is 42.6 Å². The van der Waals surface area contributed by atoms with E-state index < -0.39 is 0 Å². The van der Waals surface area contributed by atoms with Gasteiger partial charge >= 0.3 is 0 Å². The number of hydrogen-bond donors (Lipinski definition) is 1. The second-order valence-corrected chi connectivity index (χ2v) is 7.12. The first kappa shape index (κ1) is 16.7. The van der Waals surface area contributed by atoms with E-state index in [2.05, 4.69) is 20.8 Å². The van der Waals surface area contributed by atoms with Crippen molar-refractivity contribution in [1.82, 2.24) is 25.1 Å². The Morgan fingerprint density at radius 2 is 1.88 bits per heavy atom. The molecule has 2 heterocycles. The first-order valence-corrected chi connectivity index (χ1v) is 9.05. The number of benzene rings is 1. The van der Waals surface area contributed by atoms with Crippen molar-refractivity contribution in [3.63, 3.8) is 0 Å². The van der Waals surface area contributed by atoms with Gasteiger partial charge < -0.3 is 10.2 Å². The van der Waals surface area contributed by atoms with Gasteiger partial charge in [-0.25, -0.2) is 4.68 Å². The van der Waals surface area contributed by atoms with Gasteiger partial charge in [0.2, 0.25) is 11.8 Å². The number of aromatic nitrogens is 4. The number of amides is 2. The molecule has 8 nitrogen and oxygen atoms in total. The SMILES string of the molecule is Cc1cc(NC(=O)C2CCN(C(=O)C3CC3)CC2)ccc1-n1cnnn1. The molecule has 0 bridgehead atoms. The van der Waals surface area contributed by atoms with Crippen molar-refractivity contribution in [3.05, 3.63) is 30.1 Å². The van der Waals surface area contributed by atoms with Gasteiger partial charge in [0.05, 0.1) is 5.69 Å². The van der Waals surface area contributed by atoms with Gasteiger partial charge in [0.15, 0.2) is 0 Å². The van der Waals surface area contributed by atoms with Crippen LogP contribution in [0.15, 0.2) is 24.5 Å². The number of nitrogens with one attached hydrogen (secondary N) is 1. The van der Waals surface area contributed by atoms with Crippen LogP contribution < -0.4 is 5.32 Å². The molecular formula is C18H22N6O2. The highest BCUT2D eigenvalue weighted by atomic mass is 16.2. The van der Waals surface area contributed by atoms with Gasteiger partial charge in [0.25, 0.3) is 0 Å². The smallest absolute Gasteiger partial charge is 0.227 e. The summed E-state index contributed by atoms with van der Waals surface area (Å²) >= 11 is 0. The predicted molar refractivity (Wildman–Crippen MR) is 94.5 cm³/mol. The van der Waals surface area contributed by atoms with Crippen LogP contribution in [0.4, 0.5) is 5.69 Å². The molecule has 1 aromatic heterocycles. The van der Waals surface area contributed by atoms with E-state index in [9.17, 15) is 9.59 Å². The maximum Gasteiger partial charge on any atom is 0.227 e. The van der Waals surface area contributed by atoms with Crippen LogP contribution in [0.25, 0.3) is 5.69 Å². The number of tetrazole rings is 1. The summed E-state index contributed by atoms with van der Waals surface area (Å²) in [6.07, 6.45) is 5.05. The van der Waals surface area contributed by atoms with E-state index in [4.69, 9.17) is 0 Å². The fourth-order valence-corrected chi connectivity index (χ4v) is 3.46. The zero-order valence-electron chi connectivity index (χ0n) is 14.8. The van der Waals surface area contributed by atoms with E-state index in [1.165, 1.54) is 6.33 Å².